The highest BCUT2D eigenvalue weighted by Crippen LogP contribution is 2.40. The first-order valence-corrected chi connectivity index (χ1v) is 5.47. The molecule has 1 aromatic rings. The van der Waals surface area contributed by atoms with Crippen molar-refractivity contribution in [1.29, 1.82) is 0 Å². The Labute approximate surface area is 90.7 Å². The molecule has 1 aliphatic carbocycles. The van der Waals surface area contributed by atoms with Crippen LogP contribution in [0.25, 0.3) is 0 Å². The number of halogens is 2. The van der Waals surface area contributed by atoms with E-state index >= 15 is 0 Å². The fourth-order valence-corrected chi connectivity index (χ4v) is 2.21. The third-order valence-corrected chi connectivity index (χ3v) is 3.61. The Morgan fingerprint density at radius 2 is 2.15 bits per heavy atom. The maximum Gasteiger partial charge on any atom is 0.136 e. The number of hydrogen-bond acceptors (Lipinski definition) is 1. The minimum Gasteiger partial charge on any atom is -0.324 e. The maximum absolute atomic E-state index is 13.2. The van der Waals surface area contributed by atoms with Crippen LogP contribution in [-0.2, 0) is 0 Å². The van der Waals surface area contributed by atoms with Gasteiger partial charge in [0.05, 0.1) is 3.57 Å². The molecule has 70 valence electrons. The molecule has 1 nitrogen and oxygen atoms in total. The summed E-state index contributed by atoms with van der Waals surface area (Å²) in [6.07, 6.45) is 2.38. The molecule has 13 heavy (non-hydrogen) atoms. The van der Waals surface area contributed by atoms with E-state index < -0.39 is 0 Å². The first kappa shape index (κ1) is 9.40. The molecule has 1 aliphatic rings. The van der Waals surface area contributed by atoms with Crippen molar-refractivity contribution in [2.24, 2.45) is 11.7 Å². The largest absolute Gasteiger partial charge is 0.324 e. The molecule has 0 aromatic heterocycles. The summed E-state index contributed by atoms with van der Waals surface area (Å²) in [5.41, 5.74) is 6.96. The van der Waals surface area contributed by atoms with Crippen LogP contribution in [0.15, 0.2) is 18.2 Å². The summed E-state index contributed by atoms with van der Waals surface area (Å²) in [4.78, 5) is 0. The molecule has 1 atom stereocenters. The highest BCUT2D eigenvalue weighted by atomic mass is 127. The zero-order chi connectivity index (χ0) is 9.42. The maximum atomic E-state index is 13.2. The fourth-order valence-electron chi connectivity index (χ4n) is 1.49. The van der Waals surface area contributed by atoms with Crippen LogP contribution in [0, 0.1) is 15.3 Å². The minimum atomic E-state index is -0.158. The normalized spacial score (nSPS) is 18.7. The quantitative estimate of drug-likeness (QED) is 0.833. The van der Waals surface area contributed by atoms with Gasteiger partial charge in [0.25, 0.3) is 0 Å². The first-order chi connectivity index (χ1) is 6.20. The Hall–Kier alpha value is -0.160. The average Bonchev–Trinajstić information content (AvgIpc) is 2.91. The molecule has 0 heterocycles. The van der Waals surface area contributed by atoms with Gasteiger partial charge in [-0.3, -0.25) is 0 Å². The van der Waals surface area contributed by atoms with Crippen molar-refractivity contribution in [3.8, 4) is 0 Å². The summed E-state index contributed by atoms with van der Waals surface area (Å²) in [6.45, 7) is 0. The van der Waals surface area contributed by atoms with Crippen molar-refractivity contribution in [2.75, 3.05) is 0 Å². The smallest absolute Gasteiger partial charge is 0.136 e. The number of benzene rings is 1. The first-order valence-electron chi connectivity index (χ1n) is 4.39. The van der Waals surface area contributed by atoms with Crippen LogP contribution in [-0.4, -0.2) is 0 Å². The summed E-state index contributed by atoms with van der Waals surface area (Å²) in [5.74, 6) is 0.421. The zero-order valence-corrected chi connectivity index (χ0v) is 9.29. The summed E-state index contributed by atoms with van der Waals surface area (Å²) in [5, 5.41) is 0. The van der Waals surface area contributed by atoms with Gasteiger partial charge >= 0.3 is 0 Å². The zero-order valence-electron chi connectivity index (χ0n) is 7.13. The third kappa shape index (κ3) is 1.86. The highest BCUT2D eigenvalue weighted by molar-refractivity contribution is 14.1. The molecule has 0 unspecified atom stereocenters. The molecule has 1 fully saturated rings. The second kappa shape index (κ2) is 3.53. The molecule has 2 rings (SSSR count). The monoisotopic (exact) mass is 291 g/mol. The summed E-state index contributed by atoms with van der Waals surface area (Å²) < 4.78 is 13.8. The van der Waals surface area contributed by atoms with E-state index in [-0.39, 0.29) is 11.9 Å². The van der Waals surface area contributed by atoms with Crippen LogP contribution in [0.3, 0.4) is 0 Å². The Morgan fingerprint density at radius 3 is 2.77 bits per heavy atom. The molecule has 3 heteroatoms. The molecule has 0 bridgehead atoms. The second-order valence-corrected chi connectivity index (χ2v) is 4.59. The minimum absolute atomic E-state index is 0.0302. The molecule has 0 saturated heterocycles. The Balaban J connectivity index is 2.32. The predicted molar refractivity (Wildman–Crippen MR) is 58.8 cm³/mol. The van der Waals surface area contributed by atoms with Gasteiger partial charge in [-0.2, -0.15) is 0 Å². The van der Waals surface area contributed by atoms with Gasteiger partial charge in [0.2, 0.25) is 0 Å². The van der Waals surface area contributed by atoms with E-state index in [1.807, 2.05) is 28.7 Å². The van der Waals surface area contributed by atoms with E-state index in [1.54, 1.807) is 6.07 Å². The molecule has 0 radical (unpaired) electrons. The van der Waals surface area contributed by atoms with E-state index in [2.05, 4.69) is 0 Å². The Kier molecular flexibility index (Phi) is 2.55. The van der Waals surface area contributed by atoms with Gasteiger partial charge in [0.15, 0.2) is 0 Å². The van der Waals surface area contributed by atoms with Gasteiger partial charge in [-0.15, -0.1) is 0 Å². The van der Waals surface area contributed by atoms with Gasteiger partial charge in [-0.05, 0) is 53.0 Å². The third-order valence-electron chi connectivity index (χ3n) is 2.47. The lowest BCUT2D eigenvalue weighted by atomic mass is 10.0. The molecular formula is C10H11FIN. The van der Waals surface area contributed by atoms with Crippen LogP contribution in [0.1, 0.15) is 24.4 Å². The predicted octanol–water partition coefficient (Wildman–Crippen LogP) is 2.84. The van der Waals surface area contributed by atoms with E-state index in [9.17, 15) is 4.39 Å². The van der Waals surface area contributed by atoms with Crippen LogP contribution >= 0.6 is 22.6 Å². The summed E-state index contributed by atoms with van der Waals surface area (Å²) in [6, 6.07) is 5.16. The molecule has 0 aliphatic heterocycles. The number of rotatable bonds is 2. The standard InChI is InChI=1S/C10H11FIN/c11-8-3-1-2-7(9(8)12)10(13)6-4-5-6/h1-3,6,10H,4-5,13H2/t10-/m0/s1. The Bertz CT molecular complexity index is 323. The highest BCUT2D eigenvalue weighted by Gasteiger charge is 2.30. The topological polar surface area (TPSA) is 26.0 Å². The lowest BCUT2D eigenvalue weighted by molar-refractivity contribution is 0.592. The lowest BCUT2D eigenvalue weighted by Gasteiger charge is -2.12. The van der Waals surface area contributed by atoms with Crippen molar-refractivity contribution in [3.05, 3.63) is 33.1 Å². The fraction of sp³-hybridized carbons (Fsp3) is 0.400. The summed E-state index contributed by atoms with van der Waals surface area (Å²) >= 11 is 2.03. The molecule has 1 aromatic carbocycles. The van der Waals surface area contributed by atoms with Gasteiger partial charge in [0.1, 0.15) is 5.82 Å². The molecule has 1 saturated carbocycles. The summed E-state index contributed by atoms with van der Waals surface area (Å²) in [7, 11) is 0. The van der Waals surface area contributed by atoms with E-state index in [4.69, 9.17) is 5.73 Å². The molecule has 0 amide bonds. The van der Waals surface area contributed by atoms with Gasteiger partial charge in [-0.25, -0.2) is 4.39 Å². The van der Waals surface area contributed by atoms with E-state index in [1.165, 1.54) is 18.9 Å². The van der Waals surface area contributed by atoms with Gasteiger partial charge in [-0.1, -0.05) is 12.1 Å². The molecule has 2 N–H and O–H groups in total. The van der Waals surface area contributed by atoms with Crippen LogP contribution < -0.4 is 5.73 Å². The van der Waals surface area contributed by atoms with Crippen molar-refractivity contribution in [2.45, 2.75) is 18.9 Å². The number of nitrogens with two attached hydrogens (primary N) is 1. The second-order valence-electron chi connectivity index (χ2n) is 3.51. The van der Waals surface area contributed by atoms with Crippen LogP contribution in [0.5, 0.6) is 0 Å². The SMILES string of the molecule is N[C@H](c1cccc(F)c1I)C1CC1. The number of hydrogen-bond donors (Lipinski definition) is 1. The average molecular weight is 291 g/mol. The van der Waals surface area contributed by atoms with Crippen molar-refractivity contribution >= 4 is 22.6 Å². The molecule has 0 spiro atoms. The van der Waals surface area contributed by atoms with Crippen molar-refractivity contribution < 1.29 is 4.39 Å². The Morgan fingerprint density at radius 1 is 1.46 bits per heavy atom. The van der Waals surface area contributed by atoms with Crippen molar-refractivity contribution in [1.82, 2.24) is 0 Å². The van der Waals surface area contributed by atoms with Crippen molar-refractivity contribution in [3.63, 3.8) is 0 Å². The van der Waals surface area contributed by atoms with E-state index in [0.29, 0.717) is 9.49 Å². The van der Waals surface area contributed by atoms with E-state index in [0.717, 1.165) is 5.56 Å². The van der Waals surface area contributed by atoms with Crippen LogP contribution in [0.4, 0.5) is 4.39 Å². The van der Waals surface area contributed by atoms with Crippen LogP contribution in [0.2, 0.25) is 0 Å². The van der Waals surface area contributed by atoms with Gasteiger partial charge < -0.3 is 5.73 Å². The lowest BCUT2D eigenvalue weighted by Crippen LogP contribution is -2.14. The van der Waals surface area contributed by atoms with Gasteiger partial charge in [0, 0.05) is 6.04 Å². The molecular weight excluding hydrogens is 280 g/mol.